The maximum absolute atomic E-state index is 13.2. The number of amides is 1. The summed E-state index contributed by atoms with van der Waals surface area (Å²) in [6.07, 6.45) is 2.29. The van der Waals surface area contributed by atoms with Crippen molar-refractivity contribution < 1.29 is 18.7 Å². The Morgan fingerprint density at radius 1 is 1.14 bits per heavy atom. The molecule has 1 saturated heterocycles. The van der Waals surface area contributed by atoms with Gasteiger partial charge in [-0.3, -0.25) is 9.69 Å². The van der Waals surface area contributed by atoms with E-state index < -0.39 is 0 Å². The highest BCUT2D eigenvalue weighted by molar-refractivity contribution is 8.15. The lowest BCUT2D eigenvalue weighted by Gasteiger charge is -2.15. The predicted molar refractivity (Wildman–Crippen MR) is 113 cm³/mol. The number of ether oxygens (including phenoxy) is 2. The highest BCUT2D eigenvalue weighted by atomic mass is 32.2. The fourth-order valence-corrected chi connectivity index (χ4v) is 3.87. The van der Waals surface area contributed by atoms with Crippen molar-refractivity contribution in [3.63, 3.8) is 0 Å². The number of carbonyl (C=O) groups excluding carboxylic acids is 1. The molecule has 0 saturated carbocycles. The van der Waals surface area contributed by atoms with Gasteiger partial charge in [0.25, 0.3) is 0 Å². The Morgan fingerprint density at radius 2 is 1.86 bits per heavy atom. The fourth-order valence-electron chi connectivity index (χ4n) is 2.84. The summed E-state index contributed by atoms with van der Waals surface area (Å²) in [5, 5.41) is 8.76. The Bertz CT molecular complexity index is 931. The molecule has 1 aliphatic rings. The zero-order valence-electron chi connectivity index (χ0n) is 16.5. The van der Waals surface area contributed by atoms with Crippen molar-refractivity contribution in [2.75, 3.05) is 14.2 Å². The molecule has 152 valence electrons. The molecule has 0 radical (unpaired) electrons. The zero-order valence-corrected chi connectivity index (χ0v) is 17.3. The van der Waals surface area contributed by atoms with Gasteiger partial charge in [-0.05, 0) is 47.9 Å². The third-order valence-electron chi connectivity index (χ3n) is 4.40. The van der Waals surface area contributed by atoms with E-state index in [0.717, 1.165) is 11.1 Å². The molecule has 2 aromatic carbocycles. The smallest absolute Gasteiger partial charge is 0.242 e. The minimum Gasteiger partial charge on any atom is -0.493 e. The molecule has 1 amide bonds. The second-order valence-electron chi connectivity index (χ2n) is 6.31. The van der Waals surface area contributed by atoms with Crippen LogP contribution in [0.3, 0.4) is 0 Å². The van der Waals surface area contributed by atoms with Crippen LogP contribution < -0.4 is 9.47 Å². The molecule has 0 bridgehead atoms. The summed E-state index contributed by atoms with van der Waals surface area (Å²) in [6.45, 7) is 2.29. The van der Waals surface area contributed by atoms with E-state index in [-0.39, 0.29) is 17.0 Å². The van der Waals surface area contributed by atoms with Crippen molar-refractivity contribution in [1.82, 2.24) is 4.90 Å². The van der Waals surface area contributed by atoms with Gasteiger partial charge in [0.1, 0.15) is 5.82 Å². The van der Waals surface area contributed by atoms with Gasteiger partial charge in [0.05, 0.1) is 32.2 Å². The summed E-state index contributed by atoms with van der Waals surface area (Å²) < 4.78 is 23.7. The number of thioether (sulfide) groups is 1. The van der Waals surface area contributed by atoms with Crippen molar-refractivity contribution in [2.24, 2.45) is 10.2 Å². The molecule has 0 spiro atoms. The number of nitrogens with zero attached hydrogens (tertiary/aromatic N) is 3. The highest BCUT2D eigenvalue weighted by Crippen LogP contribution is 2.31. The van der Waals surface area contributed by atoms with Gasteiger partial charge in [0, 0.05) is 0 Å². The molecular formula is C21H22FN3O3S. The van der Waals surface area contributed by atoms with Crippen LogP contribution in [0.2, 0.25) is 0 Å². The Kier molecular flexibility index (Phi) is 6.87. The first-order valence-electron chi connectivity index (χ1n) is 9.11. The van der Waals surface area contributed by atoms with Gasteiger partial charge < -0.3 is 9.47 Å². The van der Waals surface area contributed by atoms with Gasteiger partial charge in [0.15, 0.2) is 16.7 Å². The molecule has 0 aromatic heterocycles. The third kappa shape index (κ3) is 4.95. The summed E-state index contributed by atoms with van der Waals surface area (Å²) in [5.41, 5.74) is 1.62. The molecule has 1 heterocycles. The van der Waals surface area contributed by atoms with Crippen molar-refractivity contribution in [2.45, 2.75) is 25.1 Å². The number of halogens is 1. The Labute approximate surface area is 173 Å². The largest absolute Gasteiger partial charge is 0.493 e. The number of benzene rings is 2. The minimum absolute atomic E-state index is 0.0121. The maximum Gasteiger partial charge on any atom is 0.242 e. The van der Waals surface area contributed by atoms with Crippen LogP contribution in [0.1, 0.15) is 24.5 Å². The number of amidine groups is 1. The van der Waals surface area contributed by atoms with Gasteiger partial charge in [-0.1, -0.05) is 30.8 Å². The molecule has 1 aliphatic heterocycles. The average Bonchev–Trinajstić information content (AvgIpc) is 3.04. The topological polar surface area (TPSA) is 63.5 Å². The zero-order chi connectivity index (χ0) is 20.8. The second kappa shape index (κ2) is 9.56. The van der Waals surface area contributed by atoms with Gasteiger partial charge in [0.2, 0.25) is 5.91 Å². The fraction of sp³-hybridized carbons (Fsp3) is 0.286. The predicted octanol–water partition coefficient (Wildman–Crippen LogP) is 4.09. The average molecular weight is 415 g/mol. The summed E-state index contributed by atoms with van der Waals surface area (Å²) in [4.78, 5) is 14.3. The van der Waals surface area contributed by atoms with E-state index in [1.54, 1.807) is 49.6 Å². The van der Waals surface area contributed by atoms with E-state index in [9.17, 15) is 9.18 Å². The SMILES string of the molecule is CC[C@H]1S/C(=N/N=C\c2ccc(OC)c(OC)c2)N(Cc2ccc(F)cc2)C1=O. The quantitative estimate of drug-likeness (QED) is 0.505. The maximum atomic E-state index is 13.2. The van der Waals surface area contributed by atoms with E-state index in [1.807, 2.05) is 13.0 Å². The molecule has 1 fully saturated rings. The number of hydrogen-bond acceptors (Lipinski definition) is 6. The first-order valence-corrected chi connectivity index (χ1v) is 9.99. The molecule has 8 heteroatoms. The normalized spacial score (nSPS) is 18.1. The highest BCUT2D eigenvalue weighted by Gasteiger charge is 2.36. The number of methoxy groups -OCH3 is 2. The molecule has 1 atom stereocenters. The Hall–Kier alpha value is -2.87. The van der Waals surface area contributed by atoms with Gasteiger partial charge >= 0.3 is 0 Å². The number of hydrogen-bond donors (Lipinski definition) is 0. The van der Waals surface area contributed by atoms with Crippen molar-refractivity contribution in [3.05, 3.63) is 59.4 Å². The summed E-state index contributed by atoms with van der Waals surface area (Å²) in [5.74, 6) is 0.903. The molecule has 0 unspecified atom stereocenters. The minimum atomic E-state index is -0.310. The first kappa shape index (κ1) is 20.9. The molecule has 0 aliphatic carbocycles. The molecule has 0 N–H and O–H groups in total. The van der Waals surface area contributed by atoms with E-state index in [0.29, 0.717) is 29.6 Å². The van der Waals surface area contributed by atoms with Crippen LogP contribution in [0.25, 0.3) is 0 Å². The summed E-state index contributed by atoms with van der Waals surface area (Å²) >= 11 is 1.39. The standard InChI is InChI=1S/C21H22FN3O3S/c1-4-19-20(26)25(13-14-5-8-16(22)9-6-14)21(29-19)24-23-12-15-7-10-17(27-2)18(11-15)28-3/h5-12,19H,4,13H2,1-3H3/b23-12-,24-21+/t19-/m1/s1. The van der Waals surface area contributed by atoms with Crippen molar-refractivity contribution in [3.8, 4) is 11.5 Å². The van der Waals surface area contributed by atoms with Crippen LogP contribution in [0.5, 0.6) is 11.5 Å². The molecule has 29 heavy (non-hydrogen) atoms. The van der Waals surface area contributed by atoms with Crippen LogP contribution >= 0.6 is 11.8 Å². The lowest BCUT2D eigenvalue weighted by Crippen LogP contribution is -2.31. The summed E-state index contributed by atoms with van der Waals surface area (Å²) in [7, 11) is 3.14. The number of rotatable bonds is 7. The van der Waals surface area contributed by atoms with Crippen LogP contribution in [0, 0.1) is 5.82 Å². The molecule has 3 rings (SSSR count). The molecule has 6 nitrogen and oxygen atoms in total. The van der Waals surface area contributed by atoms with Gasteiger partial charge in [-0.2, -0.15) is 5.10 Å². The first-order chi connectivity index (χ1) is 14.0. The monoisotopic (exact) mass is 415 g/mol. The van der Waals surface area contributed by atoms with Crippen LogP contribution in [-0.2, 0) is 11.3 Å². The Balaban J connectivity index is 1.80. The molecular weight excluding hydrogens is 393 g/mol. The lowest BCUT2D eigenvalue weighted by atomic mass is 10.2. The van der Waals surface area contributed by atoms with E-state index in [1.165, 1.54) is 23.9 Å². The Morgan fingerprint density at radius 3 is 2.52 bits per heavy atom. The van der Waals surface area contributed by atoms with E-state index in [4.69, 9.17) is 9.47 Å². The van der Waals surface area contributed by atoms with Crippen molar-refractivity contribution in [1.29, 1.82) is 0 Å². The summed E-state index contributed by atoms with van der Waals surface area (Å²) in [6, 6.07) is 11.5. The van der Waals surface area contributed by atoms with E-state index in [2.05, 4.69) is 10.2 Å². The lowest BCUT2D eigenvalue weighted by molar-refractivity contribution is -0.126. The molecule has 2 aromatic rings. The van der Waals surface area contributed by atoms with E-state index >= 15 is 0 Å². The second-order valence-corrected chi connectivity index (χ2v) is 7.48. The van der Waals surface area contributed by atoms with Crippen LogP contribution in [0.4, 0.5) is 4.39 Å². The van der Waals surface area contributed by atoms with Crippen molar-refractivity contribution >= 4 is 29.1 Å². The third-order valence-corrected chi connectivity index (χ3v) is 5.73. The van der Waals surface area contributed by atoms with Crippen LogP contribution in [0.15, 0.2) is 52.7 Å². The van der Waals surface area contributed by atoms with Crippen LogP contribution in [-0.4, -0.2) is 41.7 Å². The number of carbonyl (C=O) groups is 1. The van der Waals surface area contributed by atoms with Gasteiger partial charge in [-0.15, -0.1) is 5.10 Å². The van der Waals surface area contributed by atoms with Gasteiger partial charge in [-0.25, -0.2) is 4.39 Å².